The molecule has 98 valence electrons. The first-order valence-electron chi connectivity index (χ1n) is 5.25. The van der Waals surface area contributed by atoms with Gasteiger partial charge in [0.2, 0.25) is 5.88 Å². The number of thiazole rings is 1. The number of aliphatic imine (C=N–C) groups is 1. The van der Waals surface area contributed by atoms with Crippen LogP contribution in [-0.2, 0) is 4.74 Å². The monoisotopic (exact) mass is 278 g/mol. The number of H-pyrrole nitrogens is 1. The molecule has 0 amide bonds. The van der Waals surface area contributed by atoms with E-state index in [-0.39, 0.29) is 10.8 Å². The van der Waals surface area contributed by atoms with Crippen LogP contribution in [0.25, 0.3) is 0 Å². The number of hydrogen-bond acceptors (Lipinski definition) is 6. The highest BCUT2D eigenvalue weighted by Crippen LogP contribution is 2.21. The minimum Gasteiger partial charge on any atom is -0.493 e. The van der Waals surface area contributed by atoms with E-state index in [4.69, 9.17) is 0 Å². The number of esters is 1. The fourth-order valence-corrected chi connectivity index (χ4v) is 2.02. The summed E-state index contributed by atoms with van der Waals surface area (Å²) in [6.45, 7) is 0. The van der Waals surface area contributed by atoms with Gasteiger partial charge >= 0.3 is 10.8 Å². The zero-order chi connectivity index (χ0) is 13.8. The van der Waals surface area contributed by atoms with Gasteiger partial charge in [-0.05, 0) is 12.1 Å². The zero-order valence-electron chi connectivity index (χ0n) is 9.91. The molecule has 0 saturated heterocycles. The van der Waals surface area contributed by atoms with Crippen LogP contribution < -0.4 is 4.87 Å². The Morgan fingerprint density at radius 3 is 2.84 bits per heavy atom. The number of para-hydroxylation sites is 1. The summed E-state index contributed by atoms with van der Waals surface area (Å²) in [5.74, 6) is -0.742. The molecule has 0 saturated carbocycles. The molecule has 7 heteroatoms. The number of carbonyl (C=O) groups excluding carboxylic acids is 1. The van der Waals surface area contributed by atoms with E-state index < -0.39 is 5.97 Å². The quantitative estimate of drug-likeness (QED) is 0.660. The zero-order valence-corrected chi connectivity index (χ0v) is 10.7. The lowest BCUT2D eigenvalue weighted by Crippen LogP contribution is -2.01. The fraction of sp³-hybridized carbons (Fsp3) is 0.0833. The van der Waals surface area contributed by atoms with Crippen LogP contribution in [0, 0.1) is 0 Å². The Kier molecular flexibility index (Phi) is 3.76. The Hall–Kier alpha value is -2.41. The van der Waals surface area contributed by atoms with Gasteiger partial charge in [0.25, 0.3) is 0 Å². The normalized spacial score (nSPS) is 10.8. The van der Waals surface area contributed by atoms with Crippen LogP contribution in [0.4, 0.5) is 5.69 Å². The van der Waals surface area contributed by atoms with Crippen LogP contribution in [0.3, 0.4) is 0 Å². The number of aromatic amines is 1. The standard InChI is InChI=1S/C12H10N2O4S/c1-18-11(16)7-4-2-3-5-8(7)13-6-9-10(15)14-12(17)19-9/h2-6,15H,1H3,(H,14,17). The summed E-state index contributed by atoms with van der Waals surface area (Å²) in [6.07, 6.45) is 1.32. The van der Waals surface area contributed by atoms with Crippen molar-refractivity contribution in [1.29, 1.82) is 0 Å². The molecule has 1 aromatic carbocycles. The highest BCUT2D eigenvalue weighted by atomic mass is 32.1. The first-order valence-corrected chi connectivity index (χ1v) is 6.07. The highest BCUT2D eigenvalue weighted by molar-refractivity contribution is 7.11. The molecule has 6 nitrogen and oxygen atoms in total. The van der Waals surface area contributed by atoms with Gasteiger partial charge in [0.05, 0.1) is 24.6 Å². The third-order valence-electron chi connectivity index (χ3n) is 2.29. The van der Waals surface area contributed by atoms with Crippen molar-refractivity contribution in [3.8, 4) is 5.88 Å². The summed E-state index contributed by atoms with van der Waals surface area (Å²) in [4.78, 5) is 28.8. The number of aromatic nitrogens is 1. The van der Waals surface area contributed by atoms with Gasteiger partial charge in [-0.3, -0.25) is 14.8 Å². The number of methoxy groups -OCH3 is 1. The Morgan fingerprint density at radius 1 is 1.47 bits per heavy atom. The summed E-state index contributed by atoms with van der Waals surface area (Å²) >= 11 is 0.827. The molecular formula is C12H10N2O4S. The minimum absolute atomic E-state index is 0.241. The molecule has 19 heavy (non-hydrogen) atoms. The first-order chi connectivity index (χ1) is 9.11. The van der Waals surface area contributed by atoms with Crippen LogP contribution in [0.2, 0.25) is 0 Å². The summed E-state index contributed by atoms with van der Waals surface area (Å²) in [5, 5.41) is 9.41. The SMILES string of the molecule is COC(=O)c1ccccc1N=Cc1sc(=O)[nH]c1O. The maximum absolute atomic E-state index is 11.5. The van der Waals surface area contributed by atoms with Crippen molar-refractivity contribution in [3.05, 3.63) is 44.4 Å². The molecule has 0 fully saturated rings. The molecular weight excluding hydrogens is 268 g/mol. The van der Waals surface area contributed by atoms with Crippen LogP contribution in [0.15, 0.2) is 34.1 Å². The Labute approximate surface area is 112 Å². The van der Waals surface area contributed by atoms with E-state index in [1.807, 2.05) is 0 Å². The van der Waals surface area contributed by atoms with Crippen LogP contribution in [-0.4, -0.2) is 29.4 Å². The maximum Gasteiger partial charge on any atom is 0.340 e. The molecule has 0 aliphatic heterocycles. The van der Waals surface area contributed by atoms with E-state index in [9.17, 15) is 14.7 Å². The molecule has 0 atom stereocenters. The van der Waals surface area contributed by atoms with Crippen molar-refractivity contribution in [2.75, 3.05) is 7.11 Å². The molecule has 0 bridgehead atoms. The van der Waals surface area contributed by atoms with Crippen molar-refractivity contribution < 1.29 is 14.6 Å². The number of rotatable bonds is 3. The molecule has 0 spiro atoms. The summed E-state index contributed by atoms with van der Waals surface area (Å²) in [7, 11) is 1.28. The molecule has 0 aliphatic carbocycles. The van der Waals surface area contributed by atoms with Crippen LogP contribution in [0.5, 0.6) is 5.88 Å². The maximum atomic E-state index is 11.5. The lowest BCUT2D eigenvalue weighted by atomic mass is 10.2. The Balaban J connectivity index is 2.36. The lowest BCUT2D eigenvalue weighted by Gasteiger charge is -2.02. The largest absolute Gasteiger partial charge is 0.493 e. The molecule has 1 aromatic heterocycles. The average molecular weight is 278 g/mol. The topological polar surface area (TPSA) is 91.8 Å². The molecule has 2 N–H and O–H groups in total. The molecule has 0 aliphatic rings. The fourth-order valence-electron chi connectivity index (χ4n) is 1.42. The highest BCUT2D eigenvalue weighted by Gasteiger charge is 2.10. The molecule has 0 unspecified atom stereocenters. The average Bonchev–Trinajstić information content (AvgIpc) is 2.74. The third kappa shape index (κ3) is 2.89. The van der Waals surface area contributed by atoms with E-state index in [0.717, 1.165) is 11.3 Å². The van der Waals surface area contributed by atoms with E-state index in [1.165, 1.54) is 13.3 Å². The van der Waals surface area contributed by atoms with Gasteiger partial charge in [-0.2, -0.15) is 0 Å². The predicted octanol–water partition coefficient (Wildman–Crippen LogP) is 1.68. The number of aromatic hydroxyl groups is 1. The van der Waals surface area contributed by atoms with Gasteiger partial charge in [-0.25, -0.2) is 4.79 Å². The lowest BCUT2D eigenvalue weighted by molar-refractivity contribution is 0.0601. The Bertz CT molecular complexity index is 687. The molecule has 2 aromatic rings. The summed E-state index contributed by atoms with van der Waals surface area (Å²) < 4.78 is 4.64. The van der Waals surface area contributed by atoms with Crippen molar-refractivity contribution in [3.63, 3.8) is 0 Å². The number of nitrogens with zero attached hydrogens (tertiary/aromatic N) is 1. The van der Waals surface area contributed by atoms with Crippen molar-refractivity contribution in [1.82, 2.24) is 4.98 Å². The second-order valence-electron chi connectivity index (χ2n) is 3.49. The van der Waals surface area contributed by atoms with E-state index in [0.29, 0.717) is 16.1 Å². The van der Waals surface area contributed by atoms with Crippen LogP contribution >= 0.6 is 11.3 Å². The first kappa shape index (κ1) is 13.0. The smallest absolute Gasteiger partial charge is 0.340 e. The predicted molar refractivity (Wildman–Crippen MR) is 71.6 cm³/mol. The second-order valence-corrected chi connectivity index (χ2v) is 4.51. The van der Waals surface area contributed by atoms with Gasteiger partial charge in [0.1, 0.15) is 4.88 Å². The minimum atomic E-state index is -0.501. The number of benzene rings is 1. The van der Waals surface area contributed by atoms with Crippen molar-refractivity contribution in [2.24, 2.45) is 4.99 Å². The van der Waals surface area contributed by atoms with Gasteiger partial charge in [0.15, 0.2) is 0 Å². The van der Waals surface area contributed by atoms with E-state index >= 15 is 0 Å². The Morgan fingerprint density at radius 2 is 2.21 bits per heavy atom. The van der Waals surface area contributed by atoms with Crippen molar-refractivity contribution in [2.45, 2.75) is 0 Å². The molecule has 0 radical (unpaired) electrons. The van der Waals surface area contributed by atoms with E-state index in [1.54, 1.807) is 24.3 Å². The van der Waals surface area contributed by atoms with Gasteiger partial charge in [0, 0.05) is 0 Å². The van der Waals surface area contributed by atoms with Gasteiger partial charge in [-0.15, -0.1) is 0 Å². The number of carbonyl (C=O) groups is 1. The second kappa shape index (κ2) is 5.49. The van der Waals surface area contributed by atoms with E-state index in [2.05, 4.69) is 14.7 Å². The summed E-state index contributed by atoms with van der Waals surface area (Å²) in [5.41, 5.74) is 0.707. The molecule has 2 rings (SSSR count). The van der Waals surface area contributed by atoms with Gasteiger partial charge < -0.3 is 9.84 Å². The number of ether oxygens (including phenoxy) is 1. The van der Waals surface area contributed by atoms with Crippen LogP contribution in [0.1, 0.15) is 15.2 Å². The summed E-state index contributed by atoms with van der Waals surface area (Å²) in [6, 6.07) is 6.63. The number of hydrogen-bond donors (Lipinski definition) is 2. The van der Waals surface area contributed by atoms with Crippen molar-refractivity contribution >= 4 is 29.2 Å². The van der Waals surface area contributed by atoms with Gasteiger partial charge in [-0.1, -0.05) is 23.5 Å². The number of nitrogens with one attached hydrogen (secondary N) is 1. The third-order valence-corrected chi connectivity index (χ3v) is 3.09. The molecule has 1 heterocycles.